The van der Waals surface area contributed by atoms with E-state index in [9.17, 15) is 4.79 Å². The Hall–Kier alpha value is -1.17. The molecule has 0 aliphatic rings. The summed E-state index contributed by atoms with van der Waals surface area (Å²) in [6.45, 7) is 0.226. The van der Waals surface area contributed by atoms with Gasteiger partial charge in [-0.3, -0.25) is 4.79 Å². The number of carbonyl (C=O) groups is 1. The lowest BCUT2D eigenvalue weighted by Crippen LogP contribution is -2.22. The molecule has 1 aromatic heterocycles. The molecule has 0 aliphatic heterocycles. The molecule has 1 atom stereocenters. The summed E-state index contributed by atoms with van der Waals surface area (Å²) < 4.78 is 0. The minimum Gasteiger partial charge on any atom is -0.366 e. The Kier molecular flexibility index (Phi) is 3.40. The van der Waals surface area contributed by atoms with Gasteiger partial charge in [-0.15, -0.1) is 0 Å². The van der Waals surface area contributed by atoms with Crippen LogP contribution in [0.4, 0.5) is 0 Å². The Morgan fingerprint density at radius 2 is 2.29 bits per heavy atom. The highest BCUT2D eigenvalue weighted by molar-refractivity contribution is 6.30. The summed E-state index contributed by atoms with van der Waals surface area (Å²) in [4.78, 5) is 14.6. The number of carbonyl (C=O) groups excluding carboxylic acids is 1. The molecule has 0 saturated heterocycles. The molecule has 0 aliphatic carbocycles. The van der Waals surface area contributed by atoms with Crippen molar-refractivity contribution in [3.05, 3.63) is 28.5 Å². The van der Waals surface area contributed by atoms with Gasteiger partial charge in [0.1, 0.15) is 5.15 Å². The van der Waals surface area contributed by atoms with Gasteiger partial charge in [0, 0.05) is 24.3 Å². The molecule has 6 N–H and O–H groups in total. The topological polar surface area (TPSA) is 108 Å². The second-order valence-electron chi connectivity index (χ2n) is 2.81. The fourth-order valence-corrected chi connectivity index (χ4v) is 1.23. The first-order valence-corrected chi connectivity index (χ1v) is 4.35. The number of hydrogen-bond acceptors (Lipinski definition) is 4. The summed E-state index contributed by atoms with van der Waals surface area (Å²) in [7, 11) is 0. The second kappa shape index (κ2) is 4.36. The molecule has 5 nitrogen and oxygen atoms in total. The van der Waals surface area contributed by atoms with Crippen LogP contribution >= 0.6 is 11.6 Å². The number of amides is 1. The van der Waals surface area contributed by atoms with Crippen LogP contribution in [0.3, 0.4) is 0 Å². The number of primary amides is 1. The molecule has 76 valence electrons. The van der Waals surface area contributed by atoms with Crippen LogP contribution in [0.25, 0.3) is 0 Å². The van der Waals surface area contributed by atoms with Gasteiger partial charge in [-0.05, 0) is 6.07 Å². The average Bonchev–Trinajstić information content (AvgIpc) is 2.17. The third kappa shape index (κ3) is 2.20. The van der Waals surface area contributed by atoms with Crippen LogP contribution in [-0.4, -0.2) is 17.4 Å². The van der Waals surface area contributed by atoms with Crippen LogP contribution in [0.1, 0.15) is 22.0 Å². The first-order valence-electron chi connectivity index (χ1n) is 3.97. The molecule has 1 amide bonds. The van der Waals surface area contributed by atoms with Crippen molar-refractivity contribution in [3.8, 4) is 0 Å². The number of nitrogens with two attached hydrogens (primary N) is 3. The zero-order chi connectivity index (χ0) is 10.7. The molecule has 6 heteroatoms. The normalized spacial score (nSPS) is 12.5. The number of rotatable bonds is 3. The molecule has 0 radical (unpaired) electrons. The molecule has 1 aromatic rings. The van der Waals surface area contributed by atoms with Gasteiger partial charge in [0.15, 0.2) is 0 Å². The Morgan fingerprint density at radius 3 is 2.79 bits per heavy atom. The first kappa shape index (κ1) is 10.9. The molecule has 0 unspecified atom stereocenters. The molecule has 0 aromatic carbocycles. The molecule has 0 saturated carbocycles. The highest BCUT2D eigenvalue weighted by atomic mass is 35.5. The van der Waals surface area contributed by atoms with Crippen molar-refractivity contribution in [3.63, 3.8) is 0 Å². The maximum absolute atomic E-state index is 10.8. The Bertz CT molecular complexity index is 355. The van der Waals surface area contributed by atoms with E-state index in [-0.39, 0.29) is 17.3 Å². The van der Waals surface area contributed by atoms with Gasteiger partial charge < -0.3 is 17.2 Å². The quantitative estimate of drug-likeness (QED) is 0.605. The lowest BCUT2D eigenvalue weighted by atomic mass is 10.1. The van der Waals surface area contributed by atoms with Gasteiger partial charge in [0.05, 0.1) is 5.56 Å². The van der Waals surface area contributed by atoms with E-state index >= 15 is 0 Å². The van der Waals surface area contributed by atoms with Gasteiger partial charge in [-0.1, -0.05) is 11.6 Å². The van der Waals surface area contributed by atoms with E-state index in [4.69, 9.17) is 28.8 Å². The summed E-state index contributed by atoms with van der Waals surface area (Å²) in [5, 5.41) is 0.243. The average molecular weight is 215 g/mol. The monoisotopic (exact) mass is 214 g/mol. The SMILES string of the molecule is NC[C@@H](N)c1cc(C(N)=O)cnc1Cl. The molecular weight excluding hydrogens is 204 g/mol. The number of aromatic nitrogens is 1. The number of nitrogens with zero attached hydrogens (tertiary/aromatic N) is 1. The van der Waals surface area contributed by atoms with E-state index in [1.807, 2.05) is 0 Å². The zero-order valence-corrected chi connectivity index (χ0v) is 8.16. The van der Waals surface area contributed by atoms with Crippen molar-refractivity contribution in [2.24, 2.45) is 17.2 Å². The molecule has 1 rings (SSSR count). The summed E-state index contributed by atoms with van der Waals surface area (Å²) in [5.74, 6) is -0.570. The van der Waals surface area contributed by atoms with E-state index in [1.54, 1.807) is 0 Å². The van der Waals surface area contributed by atoms with Crippen LogP contribution in [-0.2, 0) is 0 Å². The number of pyridine rings is 1. The predicted octanol–water partition coefficient (Wildman–Crippen LogP) is -0.208. The summed E-state index contributed by atoms with van der Waals surface area (Å²) >= 11 is 5.78. The Labute approximate surface area is 86.2 Å². The zero-order valence-electron chi connectivity index (χ0n) is 7.40. The smallest absolute Gasteiger partial charge is 0.250 e. The Balaban J connectivity index is 3.14. The van der Waals surface area contributed by atoms with Crippen molar-refractivity contribution < 1.29 is 4.79 Å². The maximum atomic E-state index is 10.8. The highest BCUT2D eigenvalue weighted by Crippen LogP contribution is 2.19. The van der Waals surface area contributed by atoms with E-state index < -0.39 is 11.9 Å². The second-order valence-corrected chi connectivity index (χ2v) is 3.17. The van der Waals surface area contributed by atoms with Crippen molar-refractivity contribution in [2.45, 2.75) is 6.04 Å². The molecule has 0 fully saturated rings. The van der Waals surface area contributed by atoms with Crippen molar-refractivity contribution in [1.29, 1.82) is 0 Å². The van der Waals surface area contributed by atoms with Crippen molar-refractivity contribution in [1.82, 2.24) is 4.98 Å². The van der Waals surface area contributed by atoms with Crippen LogP contribution in [0.2, 0.25) is 5.15 Å². The predicted molar refractivity (Wildman–Crippen MR) is 53.7 cm³/mol. The first-order chi connectivity index (χ1) is 6.56. The molecule has 0 spiro atoms. The lowest BCUT2D eigenvalue weighted by Gasteiger charge is -2.10. The summed E-state index contributed by atoms with van der Waals surface area (Å²) in [6, 6.07) is 1.07. The molecule has 14 heavy (non-hydrogen) atoms. The van der Waals surface area contributed by atoms with E-state index in [1.165, 1.54) is 12.3 Å². The minimum absolute atomic E-state index is 0.226. The highest BCUT2D eigenvalue weighted by Gasteiger charge is 2.12. The largest absolute Gasteiger partial charge is 0.366 e. The van der Waals surface area contributed by atoms with Gasteiger partial charge in [0.25, 0.3) is 0 Å². The van der Waals surface area contributed by atoms with E-state index in [0.717, 1.165) is 0 Å². The standard InChI is InChI=1S/C8H11ClN4O/c9-7-5(6(11)2-10)1-4(3-13-7)8(12)14/h1,3,6H,2,10-11H2,(H2,12,14)/t6-/m1/s1. The lowest BCUT2D eigenvalue weighted by molar-refractivity contribution is 0.1000. The third-order valence-corrected chi connectivity index (χ3v) is 2.12. The van der Waals surface area contributed by atoms with Crippen LogP contribution in [0, 0.1) is 0 Å². The van der Waals surface area contributed by atoms with Gasteiger partial charge >= 0.3 is 0 Å². The van der Waals surface area contributed by atoms with Gasteiger partial charge in [-0.25, -0.2) is 4.98 Å². The fourth-order valence-electron chi connectivity index (χ4n) is 0.987. The molecular formula is C8H11ClN4O. The summed E-state index contributed by atoms with van der Waals surface area (Å²) in [5.41, 5.74) is 16.9. The maximum Gasteiger partial charge on any atom is 0.250 e. The molecule has 0 bridgehead atoms. The fraction of sp³-hybridized carbons (Fsp3) is 0.250. The van der Waals surface area contributed by atoms with Gasteiger partial charge in [0.2, 0.25) is 5.91 Å². The van der Waals surface area contributed by atoms with Crippen LogP contribution in [0.5, 0.6) is 0 Å². The van der Waals surface area contributed by atoms with E-state index in [2.05, 4.69) is 4.98 Å². The minimum atomic E-state index is -0.570. The third-order valence-electron chi connectivity index (χ3n) is 1.80. The van der Waals surface area contributed by atoms with Crippen LogP contribution in [0.15, 0.2) is 12.3 Å². The number of halogens is 1. The van der Waals surface area contributed by atoms with Crippen molar-refractivity contribution >= 4 is 17.5 Å². The van der Waals surface area contributed by atoms with E-state index in [0.29, 0.717) is 5.56 Å². The number of hydrogen-bond donors (Lipinski definition) is 3. The van der Waals surface area contributed by atoms with Crippen molar-refractivity contribution in [2.75, 3.05) is 6.54 Å². The van der Waals surface area contributed by atoms with Crippen LogP contribution < -0.4 is 17.2 Å². The Morgan fingerprint density at radius 1 is 1.64 bits per heavy atom. The van der Waals surface area contributed by atoms with Gasteiger partial charge in [-0.2, -0.15) is 0 Å². The molecule has 1 heterocycles. The summed E-state index contributed by atoms with van der Waals surface area (Å²) in [6.07, 6.45) is 1.30.